The molecular formula is C20H23FN6. The van der Waals surface area contributed by atoms with Crippen molar-refractivity contribution < 1.29 is 4.39 Å². The lowest BCUT2D eigenvalue weighted by molar-refractivity contribution is 0.249. The molecule has 6 nitrogen and oxygen atoms in total. The molecule has 1 fully saturated rings. The zero-order valence-corrected chi connectivity index (χ0v) is 15.6. The van der Waals surface area contributed by atoms with Crippen LogP contribution in [0.1, 0.15) is 17.0 Å². The van der Waals surface area contributed by atoms with Crippen LogP contribution < -0.4 is 4.90 Å². The van der Waals surface area contributed by atoms with Gasteiger partial charge in [-0.1, -0.05) is 12.1 Å². The number of benzene rings is 1. The van der Waals surface area contributed by atoms with Gasteiger partial charge in [-0.2, -0.15) is 5.10 Å². The molecule has 27 heavy (non-hydrogen) atoms. The van der Waals surface area contributed by atoms with E-state index in [4.69, 9.17) is 0 Å². The summed E-state index contributed by atoms with van der Waals surface area (Å²) in [5, 5.41) is 4.50. The average molecular weight is 366 g/mol. The molecular weight excluding hydrogens is 343 g/mol. The van der Waals surface area contributed by atoms with E-state index >= 15 is 0 Å². The second kappa shape index (κ2) is 7.44. The third kappa shape index (κ3) is 3.98. The van der Waals surface area contributed by atoms with Gasteiger partial charge in [0.15, 0.2) is 5.82 Å². The van der Waals surface area contributed by atoms with Gasteiger partial charge in [-0.15, -0.1) is 0 Å². The van der Waals surface area contributed by atoms with Crippen LogP contribution in [0.4, 0.5) is 10.2 Å². The lowest BCUT2D eigenvalue weighted by Gasteiger charge is -2.35. The standard InChI is InChI=1S/C20H23FN6/c1-15-11-16(2)27(24-15)20-12-19(22-14-23-20)26-9-7-25(8-10-26)13-17-3-5-18(21)6-4-17/h3-6,11-12,14H,7-10,13H2,1-2H3. The summed E-state index contributed by atoms with van der Waals surface area (Å²) in [6, 6.07) is 10.8. The zero-order chi connectivity index (χ0) is 18.8. The smallest absolute Gasteiger partial charge is 0.159 e. The maximum absolute atomic E-state index is 13.0. The van der Waals surface area contributed by atoms with Gasteiger partial charge in [0.25, 0.3) is 0 Å². The lowest BCUT2D eigenvalue weighted by Crippen LogP contribution is -2.46. The van der Waals surface area contributed by atoms with E-state index in [-0.39, 0.29) is 5.82 Å². The van der Waals surface area contributed by atoms with E-state index in [1.807, 2.05) is 42.8 Å². The van der Waals surface area contributed by atoms with Crippen LogP contribution in [0, 0.1) is 19.7 Å². The fourth-order valence-corrected chi connectivity index (χ4v) is 3.47. The highest BCUT2D eigenvalue weighted by Gasteiger charge is 2.19. The van der Waals surface area contributed by atoms with Crippen molar-refractivity contribution in [3.8, 4) is 5.82 Å². The fourth-order valence-electron chi connectivity index (χ4n) is 3.47. The Morgan fingerprint density at radius 1 is 0.926 bits per heavy atom. The monoisotopic (exact) mass is 366 g/mol. The highest BCUT2D eigenvalue weighted by atomic mass is 19.1. The van der Waals surface area contributed by atoms with Gasteiger partial charge in [-0.05, 0) is 37.6 Å². The number of piperazine rings is 1. The lowest BCUT2D eigenvalue weighted by atomic mass is 10.2. The number of rotatable bonds is 4. The Morgan fingerprint density at radius 3 is 2.30 bits per heavy atom. The normalized spacial score (nSPS) is 15.3. The van der Waals surface area contributed by atoms with Gasteiger partial charge in [-0.3, -0.25) is 4.90 Å². The van der Waals surface area contributed by atoms with Crippen molar-refractivity contribution in [2.75, 3.05) is 31.1 Å². The van der Waals surface area contributed by atoms with E-state index in [0.29, 0.717) is 0 Å². The molecule has 140 valence electrons. The molecule has 3 heterocycles. The van der Waals surface area contributed by atoms with Gasteiger partial charge in [0.2, 0.25) is 0 Å². The summed E-state index contributed by atoms with van der Waals surface area (Å²) in [5.41, 5.74) is 3.17. The fraction of sp³-hybridized carbons (Fsp3) is 0.350. The molecule has 0 unspecified atom stereocenters. The maximum atomic E-state index is 13.0. The molecule has 0 N–H and O–H groups in total. The van der Waals surface area contributed by atoms with Crippen LogP contribution in [0.2, 0.25) is 0 Å². The number of halogens is 1. The number of aromatic nitrogens is 4. The van der Waals surface area contributed by atoms with Crippen molar-refractivity contribution in [2.45, 2.75) is 20.4 Å². The highest BCUT2D eigenvalue weighted by molar-refractivity contribution is 5.44. The maximum Gasteiger partial charge on any atom is 0.159 e. The SMILES string of the molecule is Cc1cc(C)n(-c2cc(N3CCN(Cc4ccc(F)cc4)CC3)ncn2)n1. The molecule has 1 aromatic carbocycles. The summed E-state index contributed by atoms with van der Waals surface area (Å²) >= 11 is 0. The molecule has 4 rings (SSSR count). The van der Waals surface area contributed by atoms with Gasteiger partial charge >= 0.3 is 0 Å². The minimum absolute atomic E-state index is 0.189. The minimum Gasteiger partial charge on any atom is -0.354 e. The third-order valence-corrected chi connectivity index (χ3v) is 4.88. The summed E-state index contributed by atoms with van der Waals surface area (Å²) in [6.07, 6.45) is 1.60. The van der Waals surface area contributed by atoms with Gasteiger partial charge in [0, 0.05) is 44.5 Å². The van der Waals surface area contributed by atoms with E-state index < -0.39 is 0 Å². The van der Waals surface area contributed by atoms with E-state index in [9.17, 15) is 4.39 Å². The van der Waals surface area contributed by atoms with Gasteiger partial charge in [0.1, 0.15) is 18.0 Å². The first-order chi connectivity index (χ1) is 13.1. The Morgan fingerprint density at radius 2 is 1.63 bits per heavy atom. The van der Waals surface area contributed by atoms with Crippen molar-refractivity contribution in [3.05, 3.63) is 65.5 Å². The first kappa shape index (κ1) is 17.6. The molecule has 7 heteroatoms. The summed E-state index contributed by atoms with van der Waals surface area (Å²) in [7, 11) is 0. The molecule has 1 saturated heterocycles. The van der Waals surface area contributed by atoms with Crippen molar-refractivity contribution in [1.82, 2.24) is 24.6 Å². The Kier molecular flexibility index (Phi) is 4.85. The second-order valence-electron chi connectivity index (χ2n) is 6.96. The van der Waals surface area contributed by atoms with Crippen LogP contribution in [-0.4, -0.2) is 50.8 Å². The molecule has 1 aliphatic rings. The van der Waals surface area contributed by atoms with E-state index in [0.717, 1.165) is 61.3 Å². The Hall–Kier alpha value is -2.80. The quantitative estimate of drug-likeness (QED) is 0.711. The number of aryl methyl sites for hydroxylation is 2. The van der Waals surface area contributed by atoms with Crippen molar-refractivity contribution >= 4 is 5.82 Å². The molecule has 0 amide bonds. The Bertz CT molecular complexity index is 912. The van der Waals surface area contributed by atoms with Crippen LogP contribution in [0.5, 0.6) is 0 Å². The average Bonchev–Trinajstić information content (AvgIpc) is 3.02. The van der Waals surface area contributed by atoms with Gasteiger partial charge in [0.05, 0.1) is 5.69 Å². The molecule has 0 spiro atoms. The van der Waals surface area contributed by atoms with Crippen molar-refractivity contribution in [2.24, 2.45) is 0 Å². The molecule has 2 aromatic heterocycles. The van der Waals surface area contributed by atoms with Gasteiger partial charge < -0.3 is 4.90 Å². The van der Waals surface area contributed by atoms with Crippen LogP contribution in [-0.2, 0) is 6.54 Å². The number of anilines is 1. The van der Waals surface area contributed by atoms with Crippen LogP contribution in [0.3, 0.4) is 0 Å². The molecule has 0 bridgehead atoms. The molecule has 1 aliphatic heterocycles. The second-order valence-corrected chi connectivity index (χ2v) is 6.96. The summed E-state index contributed by atoms with van der Waals surface area (Å²) in [4.78, 5) is 13.5. The van der Waals surface area contributed by atoms with Crippen LogP contribution >= 0.6 is 0 Å². The highest BCUT2D eigenvalue weighted by Crippen LogP contribution is 2.18. The number of hydrogen-bond donors (Lipinski definition) is 0. The molecule has 0 aliphatic carbocycles. The number of nitrogens with zero attached hydrogens (tertiary/aromatic N) is 6. The van der Waals surface area contributed by atoms with E-state index in [2.05, 4.69) is 24.9 Å². The zero-order valence-electron chi connectivity index (χ0n) is 15.6. The van der Waals surface area contributed by atoms with Crippen LogP contribution in [0.25, 0.3) is 5.82 Å². The Labute approximate surface area is 158 Å². The number of hydrogen-bond acceptors (Lipinski definition) is 5. The summed E-state index contributed by atoms with van der Waals surface area (Å²) in [5.74, 6) is 1.53. The van der Waals surface area contributed by atoms with E-state index in [1.165, 1.54) is 12.1 Å². The predicted molar refractivity (Wildman–Crippen MR) is 103 cm³/mol. The van der Waals surface area contributed by atoms with Gasteiger partial charge in [-0.25, -0.2) is 19.0 Å². The molecule has 0 radical (unpaired) electrons. The summed E-state index contributed by atoms with van der Waals surface area (Å²) in [6.45, 7) is 8.52. The topological polar surface area (TPSA) is 50.1 Å². The summed E-state index contributed by atoms with van der Waals surface area (Å²) < 4.78 is 14.9. The predicted octanol–water partition coefficient (Wildman–Crippen LogP) is 2.74. The largest absolute Gasteiger partial charge is 0.354 e. The first-order valence-electron chi connectivity index (χ1n) is 9.16. The Balaban J connectivity index is 1.41. The van der Waals surface area contributed by atoms with E-state index in [1.54, 1.807) is 6.33 Å². The van der Waals surface area contributed by atoms with Crippen molar-refractivity contribution in [3.63, 3.8) is 0 Å². The van der Waals surface area contributed by atoms with Crippen molar-refractivity contribution in [1.29, 1.82) is 0 Å². The minimum atomic E-state index is -0.189. The third-order valence-electron chi connectivity index (χ3n) is 4.88. The molecule has 3 aromatic rings. The molecule has 0 saturated carbocycles. The van der Waals surface area contributed by atoms with Crippen LogP contribution in [0.15, 0.2) is 42.7 Å². The first-order valence-corrected chi connectivity index (χ1v) is 9.16. The molecule has 0 atom stereocenters.